The summed E-state index contributed by atoms with van der Waals surface area (Å²) in [5.74, 6) is 0.494. The molecule has 0 aromatic carbocycles. The van der Waals surface area contributed by atoms with Gasteiger partial charge in [0.2, 0.25) is 0 Å². The van der Waals surface area contributed by atoms with E-state index in [-0.39, 0.29) is 11.5 Å². The van der Waals surface area contributed by atoms with Crippen LogP contribution in [0, 0.1) is 0 Å². The van der Waals surface area contributed by atoms with E-state index in [1.54, 1.807) is 6.92 Å². The topological polar surface area (TPSA) is 46.2 Å². The van der Waals surface area contributed by atoms with Crippen molar-refractivity contribution in [1.29, 1.82) is 0 Å². The van der Waals surface area contributed by atoms with E-state index < -0.39 is 9.84 Å². The summed E-state index contributed by atoms with van der Waals surface area (Å²) in [6.45, 7) is 6.23. The van der Waals surface area contributed by atoms with E-state index in [1.165, 1.54) is 0 Å². The van der Waals surface area contributed by atoms with Crippen LogP contribution in [0.3, 0.4) is 0 Å². The fourth-order valence-electron chi connectivity index (χ4n) is 0.647. The third-order valence-electron chi connectivity index (χ3n) is 1.41. The molecule has 0 spiro atoms. The van der Waals surface area contributed by atoms with Gasteiger partial charge in [-0.25, -0.2) is 8.42 Å². The Balaban J connectivity index is 3.55. The predicted molar refractivity (Wildman–Crippen MR) is 47.5 cm³/mol. The average molecular weight is 179 g/mol. The number of hydrogen-bond acceptors (Lipinski definition) is 3. The van der Waals surface area contributed by atoms with Crippen LogP contribution >= 0.6 is 0 Å². The van der Waals surface area contributed by atoms with Gasteiger partial charge in [0.05, 0.1) is 5.75 Å². The second kappa shape index (κ2) is 4.72. The number of nitrogens with one attached hydrogen (secondary N) is 1. The molecule has 0 aliphatic heterocycles. The van der Waals surface area contributed by atoms with Gasteiger partial charge in [-0.3, -0.25) is 0 Å². The third kappa shape index (κ3) is 6.31. The summed E-state index contributed by atoms with van der Waals surface area (Å²) >= 11 is 0. The summed E-state index contributed by atoms with van der Waals surface area (Å²) in [7, 11) is -2.78. The molecule has 0 atom stereocenters. The third-order valence-corrected chi connectivity index (χ3v) is 3.11. The van der Waals surface area contributed by atoms with Gasteiger partial charge in [0.1, 0.15) is 0 Å². The van der Waals surface area contributed by atoms with Crippen LogP contribution in [-0.2, 0) is 9.84 Å². The lowest BCUT2D eigenvalue weighted by Crippen LogP contribution is -2.29. The van der Waals surface area contributed by atoms with Crippen molar-refractivity contribution in [3.63, 3.8) is 0 Å². The minimum Gasteiger partial charge on any atom is -0.314 e. The first-order valence-corrected chi connectivity index (χ1v) is 5.74. The van der Waals surface area contributed by atoms with Gasteiger partial charge in [0.15, 0.2) is 9.84 Å². The Morgan fingerprint density at radius 3 is 2.27 bits per heavy atom. The van der Waals surface area contributed by atoms with Crippen LogP contribution in [0.1, 0.15) is 20.8 Å². The molecule has 0 amide bonds. The second-order valence-corrected chi connectivity index (χ2v) is 5.32. The van der Waals surface area contributed by atoms with Crippen molar-refractivity contribution in [1.82, 2.24) is 5.32 Å². The second-order valence-electron chi connectivity index (χ2n) is 2.85. The van der Waals surface area contributed by atoms with Gasteiger partial charge in [-0.05, 0) is 0 Å². The highest BCUT2D eigenvalue weighted by atomic mass is 32.2. The summed E-state index contributed by atoms with van der Waals surface area (Å²) in [5.41, 5.74) is 0. The molecule has 0 unspecified atom stereocenters. The monoisotopic (exact) mass is 179 g/mol. The first-order valence-electron chi connectivity index (χ1n) is 3.91. The molecule has 11 heavy (non-hydrogen) atoms. The van der Waals surface area contributed by atoms with Crippen LogP contribution in [-0.4, -0.2) is 32.5 Å². The maximum absolute atomic E-state index is 10.9. The maximum atomic E-state index is 10.9. The van der Waals surface area contributed by atoms with Crippen molar-refractivity contribution in [2.24, 2.45) is 0 Å². The molecule has 0 rings (SSSR count). The number of sulfone groups is 1. The molecule has 1 N–H and O–H groups in total. The zero-order chi connectivity index (χ0) is 8.91. The highest BCUT2D eigenvalue weighted by molar-refractivity contribution is 7.91. The molecular weight excluding hydrogens is 162 g/mol. The van der Waals surface area contributed by atoms with E-state index >= 15 is 0 Å². The van der Waals surface area contributed by atoms with Gasteiger partial charge in [0, 0.05) is 18.3 Å². The van der Waals surface area contributed by atoms with Crippen LogP contribution in [0.5, 0.6) is 0 Å². The molecule has 0 aliphatic rings. The van der Waals surface area contributed by atoms with E-state index in [0.29, 0.717) is 12.6 Å². The normalized spacial score (nSPS) is 12.4. The van der Waals surface area contributed by atoms with Crippen molar-refractivity contribution >= 4 is 9.84 Å². The van der Waals surface area contributed by atoms with Gasteiger partial charge < -0.3 is 5.32 Å². The first kappa shape index (κ1) is 10.9. The quantitative estimate of drug-likeness (QED) is 0.665. The van der Waals surface area contributed by atoms with Crippen LogP contribution in [0.15, 0.2) is 0 Å². The van der Waals surface area contributed by atoms with Crippen LogP contribution < -0.4 is 5.32 Å². The molecule has 0 fully saturated rings. The van der Waals surface area contributed by atoms with E-state index in [4.69, 9.17) is 0 Å². The Morgan fingerprint density at radius 1 is 1.36 bits per heavy atom. The van der Waals surface area contributed by atoms with Gasteiger partial charge in [0.25, 0.3) is 0 Å². The number of hydrogen-bond donors (Lipinski definition) is 1. The molecule has 0 aliphatic carbocycles. The molecule has 4 heteroatoms. The lowest BCUT2D eigenvalue weighted by molar-refractivity contribution is 0.579. The summed E-state index contributed by atoms with van der Waals surface area (Å²) < 4.78 is 21.9. The highest BCUT2D eigenvalue weighted by Gasteiger charge is 2.05. The summed E-state index contributed by atoms with van der Waals surface area (Å²) in [4.78, 5) is 0. The van der Waals surface area contributed by atoms with E-state index in [1.807, 2.05) is 13.8 Å². The van der Waals surface area contributed by atoms with E-state index in [9.17, 15) is 8.42 Å². The zero-order valence-corrected chi connectivity index (χ0v) is 8.24. The van der Waals surface area contributed by atoms with Gasteiger partial charge in [-0.2, -0.15) is 0 Å². The van der Waals surface area contributed by atoms with Crippen molar-refractivity contribution in [3.05, 3.63) is 0 Å². The van der Waals surface area contributed by atoms with Crippen LogP contribution in [0.4, 0.5) is 0 Å². The van der Waals surface area contributed by atoms with Crippen molar-refractivity contribution in [2.75, 3.05) is 18.1 Å². The lowest BCUT2D eigenvalue weighted by atomic mass is 10.4. The molecule has 0 saturated heterocycles. The molecule has 0 aromatic rings. The molecule has 3 nitrogen and oxygen atoms in total. The van der Waals surface area contributed by atoms with Gasteiger partial charge in [-0.15, -0.1) is 0 Å². The molecule has 0 radical (unpaired) electrons. The molecule has 68 valence electrons. The van der Waals surface area contributed by atoms with Gasteiger partial charge in [-0.1, -0.05) is 20.8 Å². The Bertz CT molecular complexity index is 185. The predicted octanol–water partition coefficient (Wildman–Crippen LogP) is 0.419. The molecule has 0 heterocycles. The summed E-state index contributed by atoms with van der Waals surface area (Å²) in [5, 5.41) is 3.06. The van der Waals surface area contributed by atoms with Crippen LogP contribution in [0.25, 0.3) is 0 Å². The van der Waals surface area contributed by atoms with Gasteiger partial charge >= 0.3 is 0 Å². The van der Waals surface area contributed by atoms with E-state index in [0.717, 1.165) is 0 Å². The molecule has 0 aromatic heterocycles. The van der Waals surface area contributed by atoms with E-state index in [2.05, 4.69) is 5.32 Å². The Labute approximate surface area is 69.1 Å². The molecule has 0 saturated carbocycles. The van der Waals surface area contributed by atoms with Crippen molar-refractivity contribution < 1.29 is 8.42 Å². The zero-order valence-electron chi connectivity index (χ0n) is 7.42. The largest absolute Gasteiger partial charge is 0.314 e. The molecule has 0 bridgehead atoms. The SMILES string of the molecule is CCS(=O)(=O)CCNC(C)C. The van der Waals surface area contributed by atoms with Crippen LogP contribution in [0.2, 0.25) is 0 Å². The number of rotatable bonds is 5. The summed E-state index contributed by atoms with van der Waals surface area (Å²) in [6.07, 6.45) is 0. The lowest BCUT2D eigenvalue weighted by Gasteiger charge is -2.06. The Hall–Kier alpha value is -0.0900. The highest BCUT2D eigenvalue weighted by Crippen LogP contribution is 1.87. The Morgan fingerprint density at radius 2 is 1.91 bits per heavy atom. The Kier molecular flexibility index (Phi) is 4.68. The van der Waals surface area contributed by atoms with Crippen molar-refractivity contribution in [2.45, 2.75) is 26.8 Å². The minimum atomic E-state index is -2.78. The smallest absolute Gasteiger partial charge is 0.151 e. The fourth-order valence-corrected chi connectivity index (χ4v) is 1.36. The first-order chi connectivity index (χ1) is 4.98. The summed E-state index contributed by atoms with van der Waals surface area (Å²) in [6, 6.07) is 0.363. The fraction of sp³-hybridized carbons (Fsp3) is 1.00. The maximum Gasteiger partial charge on any atom is 0.151 e. The minimum absolute atomic E-state index is 0.243. The average Bonchev–Trinajstić information content (AvgIpc) is 1.87. The van der Waals surface area contributed by atoms with Crippen molar-refractivity contribution in [3.8, 4) is 0 Å². The molecular formula is C7H17NO2S. The standard InChI is InChI=1S/C7H17NO2S/c1-4-11(9,10)6-5-8-7(2)3/h7-8H,4-6H2,1-3H3.